The summed E-state index contributed by atoms with van der Waals surface area (Å²) in [6, 6.07) is 7.92. The molecule has 0 aliphatic rings. The maximum atomic E-state index is 5.96. The predicted octanol–water partition coefficient (Wildman–Crippen LogP) is 3.09. The summed E-state index contributed by atoms with van der Waals surface area (Å²) < 4.78 is 5.27. The summed E-state index contributed by atoms with van der Waals surface area (Å²) in [7, 11) is 0. The molecule has 0 aliphatic heterocycles. The van der Waals surface area contributed by atoms with E-state index in [9.17, 15) is 0 Å². The van der Waals surface area contributed by atoms with Crippen LogP contribution in [0.25, 0.3) is 0 Å². The lowest BCUT2D eigenvalue weighted by Gasteiger charge is -2.11. The lowest BCUT2D eigenvalue weighted by molar-refractivity contribution is 0.155. The summed E-state index contributed by atoms with van der Waals surface area (Å²) in [5.41, 5.74) is 1.22. The first-order chi connectivity index (χ1) is 9.76. The molecule has 0 atom stereocenters. The fourth-order valence-corrected chi connectivity index (χ4v) is 1.94. The average molecular weight is 426 g/mol. The van der Waals surface area contributed by atoms with Crippen LogP contribution >= 0.6 is 35.6 Å². The molecule has 4 nitrogen and oxygen atoms in total. The number of hydrogen-bond acceptors (Lipinski definition) is 2. The van der Waals surface area contributed by atoms with Crippen LogP contribution in [0, 0.1) is 0 Å². The van der Waals surface area contributed by atoms with E-state index >= 15 is 0 Å². The molecule has 1 aromatic rings. The minimum Gasteiger partial charge on any atom is -0.380 e. The summed E-state index contributed by atoms with van der Waals surface area (Å²) in [4.78, 5) is 4.44. The van der Waals surface area contributed by atoms with Gasteiger partial charge in [-0.25, -0.2) is 0 Å². The number of benzene rings is 1. The number of rotatable bonds is 8. The number of hydrogen-bond donors (Lipinski definition) is 2. The summed E-state index contributed by atoms with van der Waals surface area (Å²) in [6.07, 6.45) is 0.913. The van der Waals surface area contributed by atoms with Crippen LogP contribution in [0.15, 0.2) is 29.3 Å². The van der Waals surface area contributed by atoms with E-state index in [1.807, 2.05) is 25.1 Å². The highest BCUT2D eigenvalue weighted by Gasteiger charge is 1.98. The van der Waals surface area contributed by atoms with Gasteiger partial charge in [-0.2, -0.15) is 0 Å². The van der Waals surface area contributed by atoms with Crippen LogP contribution in [0.2, 0.25) is 5.02 Å². The van der Waals surface area contributed by atoms with Gasteiger partial charge in [-0.1, -0.05) is 23.7 Å². The van der Waals surface area contributed by atoms with Gasteiger partial charge in [-0.3, -0.25) is 4.99 Å². The van der Waals surface area contributed by atoms with Gasteiger partial charge in [0, 0.05) is 24.7 Å². The van der Waals surface area contributed by atoms with Crippen LogP contribution in [0.3, 0.4) is 0 Å². The fraction of sp³-hybridized carbons (Fsp3) is 0.533. The Balaban J connectivity index is 0.00000400. The third kappa shape index (κ3) is 9.92. The Morgan fingerprint density at radius 2 is 2.10 bits per heavy atom. The lowest BCUT2D eigenvalue weighted by atomic mass is 10.1. The van der Waals surface area contributed by atoms with Crippen LogP contribution in [-0.4, -0.2) is 38.8 Å². The van der Waals surface area contributed by atoms with E-state index in [1.165, 1.54) is 5.56 Å². The van der Waals surface area contributed by atoms with Crippen LogP contribution in [-0.2, 0) is 11.2 Å². The predicted molar refractivity (Wildman–Crippen MR) is 101 cm³/mol. The molecular weight excluding hydrogens is 401 g/mol. The summed E-state index contributed by atoms with van der Waals surface area (Å²) >= 11 is 5.96. The molecule has 0 unspecified atom stereocenters. The van der Waals surface area contributed by atoms with E-state index in [1.54, 1.807) is 0 Å². The van der Waals surface area contributed by atoms with Gasteiger partial charge in [0.15, 0.2) is 5.96 Å². The molecule has 0 bridgehead atoms. The molecule has 120 valence electrons. The summed E-state index contributed by atoms with van der Waals surface area (Å²) in [5.74, 6) is 0.828. The van der Waals surface area contributed by atoms with E-state index < -0.39 is 0 Å². The molecule has 1 rings (SSSR count). The fourth-order valence-electron chi connectivity index (χ4n) is 1.73. The van der Waals surface area contributed by atoms with Crippen molar-refractivity contribution in [3.05, 3.63) is 34.9 Å². The molecule has 2 N–H and O–H groups in total. The van der Waals surface area contributed by atoms with Crippen LogP contribution in [0.5, 0.6) is 0 Å². The van der Waals surface area contributed by atoms with E-state index in [-0.39, 0.29) is 24.0 Å². The van der Waals surface area contributed by atoms with E-state index in [0.717, 1.165) is 37.1 Å². The highest BCUT2D eigenvalue weighted by molar-refractivity contribution is 14.0. The molecule has 21 heavy (non-hydrogen) atoms. The number of halogens is 2. The van der Waals surface area contributed by atoms with Crippen molar-refractivity contribution in [1.82, 2.24) is 10.6 Å². The van der Waals surface area contributed by atoms with Crippen molar-refractivity contribution in [2.75, 3.05) is 32.8 Å². The number of nitrogens with zero attached hydrogens (tertiary/aromatic N) is 1. The lowest BCUT2D eigenvalue weighted by Crippen LogP contribution is -2.38. The molecule has 0 amide bonds. The molecule has 0 radical (unpaired) electrons. The molecule has 0 aliphatic carbocycles. The maximum absolute atomic E-state index is 5.96. The summed E-state index contributed by atoms with van der Waals surface area (Å²) in [6.45, 7) is 7.75. The van der Waals surface area contributed by atoms with Gasteiger partial charge < -0.3 is 15.4 Å². The molecule has 6 heteroatoms. The Bertz CT molecular complexity index is 416. The van der Waals surface area contributed by atoms with Crippen LogP contribution < -0.4 is 10.6 Å². The monoisotopic (exact) mass is 425 g/mol. The van der Waals surface area contributed by atoms with Crippen molar-refractivity contribution in [1.29, 1.82) is 0 Å². The zero-order valence-electron chi connectivity index (χ0n) is 12.7. The van der Waals surface area contributed by atoms with Gasteiger partial charge in [-0.15, -0.1) is 24.0 Å². The quantitative estimate of drug-likeness (QED) is 0.291. The number of ether oxygens (including phenoxy) is 1. The van der Waals surface area contributed by atoms with Gasteiger partial charge in [0.1, 0.15) is 0 Å². The van der Waals surface area contributed by atoms with Crippen molar-refractivity contribution in [3.8, 4) is 0 Å². The molecule has 0 fully saturated rings. The molecule has 0 saturated heterocycles. The second-order valence-electron chi connectivity index (χ2n) is 4.26. The Labute approximate surface area is 149 Å². The van der Waals surface area contributed by atoms with Crippen molar-refractivity contribution in [3.63, 3.8) is 0 Å². The molecular formula is C15H25ClIN3O. The Morgan fingerprint density at radius 3 is 2.76 bits per heavy atom. The molecule has 0 saturated carbocycles. The normalized spacial score (nSPS) is 10.9. The van der Waals surface area contributed by atoms with E-state index in [4.69, 9.17) is 16.3 Å². The number of nitrogens with one attached hydrogen (secondary N) is 2. The zero-order chi connectivity index (χ0) is 14.6. The minimum atomic E-state index is 0. The molecule has 0 heterocycles. The second kappa shape index (κ2) is 13.2. The first-order valence-electron chi connectivity index (χ1n) is 7.10. The topological polar surface area (TPSA) is 45.7 Å². The summed E-state index contributed by atoms with van der Waals surface area (Å²) in [5, 5.41) is 7.30. The van der Waals surface area contributed by atoms with Gasteiger partial charge in [0.05, 0.1) is 13.2 Å². The third-order valence-electron chi connectivity index (χ3n) is 2.65. The van der Waals surface area contributed by atoms with Gasteiger partial charge in [0.25, 0.3) is 0 Å². The highest BCUT2D eigenvalue weighted by atomic mass is 127. The average Bonchev–Trinajstić information content (AvgIpc) is 2.43. The largest absolute Gasteiger partial charge is 0.380 e. The number of aliphatic imine (C=N–C) groups is 1. The first kappa shape index (κ1) is 20.5. The van der Waals surface area contributed by atoms with Crippen molar-refractivity contribution in [2.45, 2.75) is 20.3 Å². The van der Waals surface area contributed by atoms with Crippen LogP contribution in [0.1, 0.15) is 19.4 Å². The van der Waals surface area contributed by atoms with Crippen LogP contribution in [0.4, 0.5) is 0 Å². The molecule has 0 aromatic heterocycles. The van der Waals surface area contributed by atoms with E-state index in [2.05, 4.69) is 28.6 Å². The van der Waals surface area contributed by atoms with Crippen molar-refractivity contribution >= 4 is 41.5 Å². The standard InChI is InChI=1S/C15H24ClN3O.HI/c1-3-17-15(19-10-11-20-4-2)18-9-8-13-6-5-7-14(16)12-13;/h5-7,12H,3-4,8-11H2,1-2H3,(H2,17,18,19);1H. The van der Waals surface area contributed by atoms with Crippen molar-refractivity contribution < 1.29 is 4.74 Å². The van der Waals surface area contributed by atoms with Crippen molar-refractivity contribution in [2.24, 2.45) is 4.99 Å². The van der Waals surface area contributed by atoms with Gasteiger partial charge in [0.2, 0.25) is 0 Å². The smallest absolute Gasteiger partial charge is 0.191 e. The highest BCUT2D eigenvalue weighted by Crippen LogP contribution is 2.10. The first-order valence-corrected chi connectivity index (χ1v) is 7.48. The third-order valence-corrected chi connectivity index (χ3v) is 2.88. The second-order valence-corrected chi connectivity index (χ2v) is 4.70. The Kier molecular flexibility index (Phi) is 12.8. The SMILES string of the molecule is CCNC(=NCCOCC)NCCc1cccc(Cl)c1.I. The molecule has 1 aromatic carbocycles. The molecule has 0 spiro atoms. The Hall–Kier alpha value is -0.530. The van der Waals surface area contributed by atoms with Gasteiger partial charge in [-0.05, 0) is 38.0 Å². The minimum absolute atomic E-state index is 0. The number of guanidine groups is 1. The Morgan fingerprint density at radius 1 is 1.29 bits per heavy atom. The maximum Gasteiger partial charge on any atom is 0.191 e. The van der Waals surface area contributed by atoms with Gasteiger partial charge >= 0.3 is 0 Å². The zero-order valence-corrected chi connectivity index (χ0v) is 15.8. The van der Waals surface area contributed by atoms with E-state index in [0.29, 0.717) is 13.2 Å².